The minimum Gasteiger partial charge on any atom is -0.381 e. The van der Waals surface area contributed by atoms with E-state index in [0.29, 0.717) is 44.9 Å². The van der Waals surface area contributed by atoms with Crippen molar-refractivity contribution in [2.75, 3.05) is 18.5 Å². The molecule has 25 heavy (non-hydrogen) atoms. The van der Waals surface area contributed by atoms with E-state index in [9.17, 15) is 9.59 Å². The Morgan fingerprint density at radius 3 is 2.60 bits per heavy atom. The largest absolute Gasteiger partial charge is 0.381 e. The van der Waals surface area contributed by atoms with Crippen LogP contribution in [-0.4, -0.2) is 30.6 Å². The van der Waals surface area contributed by atoms with Gasteiger partial charge < -0.3 is 21.1 Å². The zero-order chi connectivity index (χ0) is 17.6. The standard InChI is InChI=1S/C18H27N3O3.ClH/c1-13(2)10-16(22)21-15-5-3-4-14(11-15)12-20-17(23)18(19)6-8-24-9-7-18;/h3-5,11,13H,6-10,12,19H2,1-2H3,(H,20,23)(H,21,22);1H. The first-order valence-electron chi connectivity index (χ1n) is 8.43. The molecule has 140 valence electrons. The van der Waals surface area contributed by atoms with Gasteiger partial charge in [-0.15, -0.1) is 12.4 Å². The van der Waals surface area contributed by atoms with Crippen LogP contribution in [0.4, 0.5) is 5.69 Å². The summed E-state index contributed by atoms with van der Waals surface area (Å²) in [5.41, 5.74) is 6.97. The number of anilines is 1. The van der Waals surface area contributed by atoms with Crippen LogP contribution >= 0.6 is 12.4 Å². The van der Waals surface area contributed by atoms with Gasteiger partial charge in [0.2, 0.25) is 11.8 Å². The van der Waals surface area contributed by atoms with Crippen LogP contribution < -0.4 is 16.4 Å². The fraction of sp³-hybridized carbons (Fsp3) is 0.556. The third kappa shape index (κ3) is 6.65. The summed E-state index contributed by atoms with van der Waals surface area (Å²) >= 11 is 0. The normalized spacial score (nSPS) is 16.0. The number of halogens is 1. The van der Waals surface area contributed by atoms with Crippen molar-refractivity contribution in [3.05, 3.63) is 29.8 Å². The second-order valence-corrected chi connectivity index (χ2v) is 6.80. The van der Waals surface area contributed by atoms with Crippen LogP contribution in [0.15, 0.2) is 24.3 Å². The van der Waals surface area contributed by atoms with E-state index in [4.69, 9.17) is 10.5 Å². The second kappa shape index (κ2) is 9.75. The second-order valence-electron chi connectivity index (χ2n) is 6.80. The van der Waals surface area contributed by atoms with E-state index in [-0.39, 0.29) is 24.2 Å². The van der Waals surface area contributed by atoms with Gasteiger partial charge in [0.05, 0.1) is 5.54 Å². The molecule has 1 aromatic rings. The lowest BCUT2D eigenvalue weighted by atomic mass is 9.90. The van der Waals surface area contributed by atoms with E-state index in [2.05, 4.69) is 10.6 Å². The highest BCUT2D eigenvalue weighted by molar-refractivity contribution is 5.91. The summed E-state index contributed by atoms with van der Waals surface area (Å²) in [6, 6.07) is 7.48. The molecule has 0 atom stereocenters. The number of amides is 2. The molecule has 1 saturated heterocycles. The zero-order valence-electron chi connectivity index (χ0n) is 14.8. The summed E-state index contributed by atoms with van der Waals surface area (Å²) in [7, 11) is 0. The number of hydrogen-bond acceptors (Lipinski definition) is 4. The van der Waals surface area contributed by atoms with E-state index >= 15 is 0 Å². The van der Waals surface area contributed by atoms with Gasteiger partial charge in [0, 0.05) is 31.9 Å². The van der Waals surface area contributed by atoms with Crippen LogP contribution in [0.5, 0.6) is 0 Å². The van der Waals surface area contributed by atoms with Crippen molar-refractivity contribution >= 4 is 29.9 Å². The van der Waals surface area contributed by atoms with Crippen LogP contribution in [0.25, 0.3) is 0 Å². The van der Waals surface area contributed by atoms with Crippen molar-refractivity contribution < 1.29 is 14.3 Å². The van der Waals surface area contributed by atoms with Crippen LogP contribution in [0.1, 0.15) is 38.7 Å². The maximum absolute atomic E-state index is 12.3. The van der Waals surface area contributed by atoms with E-state index < -0.39 is 5.54 Å². The molecular weight excluding hydrogens is 342 g/mol. The molecule has 2 amide bonds. The molecule has 0 radical (unpaired) electrons. The summed E-state index contributed by atoms with van der Waals surface area (Å²) < 4.78 is 5.26. The van der Waals surface area contributed by atoms with Gasteiger partial charge in [-0.05, 0) is 36.5 Å². The van der Waals surface area contributed by atoms with Gasteiger partial charge in [-0.3, -0.25) is 9.59 Å². The molecule has 0 spiro atoms. The van der Waals surface area contributed by atoms with Crippen molar-refractivity contribution in [1.82, 2.24) is 5.32 Å². The van der Waals surface area contributed by atoms with Crippen LogP contribution in [-0.2, 0) is 20.9 Å². The number of nitrogens with two attached hydrogens (primary N) is 1. The predicted octanol–water partition coefficient (Wildman–Crippen LogP) is 2.22. The Kier molecular flexibility index (Phi) is 8.35. The average Bonchev–Trinajstić information content (AvgIpc) is 2.52. The average molecular weight is 370 g/mol. The van der Waals surface area contributed by atoms with Crippen LogP contribution in [0.3, 0.4) is 0 Å². The number of ether oxygens (including phenoxy) is 1. The van der Waals surface area contributed by atoms with Gasteiger partial charge in [-0.2, -0.15) is 0 Å². The minimum atomic E-state index is -0.846. The maximum atomic E-state index is 12.3. The Hall–Kier alpha value is -1.63. The number of nitrogens with one attached hydrogen (secondary N) is 2. The highest BCUT2D eigenvalue weighted by atomic mass is 35.5. The summed E-state index contributed by atoms with van der Waals surface area (Å²) in [6.45, 7) is 5.42. The van der Waals surface area contributed by atoms with Crippen molar-refractivity contribution in [3.8, 4) is 0 Å². The van der Waals surface area contributed by atoms with Gasteiger partial charge in [-0.1, -0.05) is 26.0 Å². The van der Waals surface area contributed by atoms with E-state index in [1.807, 2.05) is 38.1 Å². The molecule has 2 rings (SSSR count). The van der Waals surface area contributed by atoms with Gasteiger partial charge in [-0.25, -0.2) is 0 Å². The van der Waals surface area contributed by atoms with Crippen LogP contribution in [0, 0.1) is 5.92 Å². The van der Waals surface area contributed by atoms with Gasteiger partial charge in [0.25, 0.3) is 0 Å². The molecule has 1 aliphatic heterocycles. The van der Waals surface area contributed by atoms with Crippen molar-refractivity contribution in [2.24, 2.45) is 11.7 Å². The highest BCUT2D eigenvalue weighted by Gasteiger charge is 2.35. The molecule has 0 bridgehead atoms. The molecule has 0 unspecified atom stereocenters. The minimum absolute atomic E-state index is 0. The first kappa shape index (κ1) is 21.4. The zero-order valence-corrected chi connectivity index (χ0v) is 15.7. The lowest BCUT2D eigenvalue weighted by Crippen LogP contribution is -2.56. The molecule has 1 aromatic carbocycles. The molecule has 0 aliphatic carbocycles. The molecule has 1 heterocycles. The molecule has 0 saturated carbocycles. The first-order valence-corrected chi connectivity index (χ1v) is 8.43. The Morgan fingerprint density at radius 2 is 1.96 bits per heavy atom. The number of benzene rings is 1. The smallest absolute Gasteiger partial charge is 0.240 e. The molecule has 4 N–H and O–H groups in total. The number of hydrogen-bond donors (Lipinski definition) is 3. The monoisotopic (exact) mass is 369 g/mol. The summed E-state index contributed by atoms with van der Waals surface area (Å²) in [6.07, 6.45) is 1.55. The first-order chi connectivity index (χ1) is 11.4. The molecule has 0 aromatic heterocycles. The van der Waals surface area contributed by atoms with Crippen LogP contribution in [0.2, 0.25) is 0 Å². The fourth-order valence-corrected chi connectivity index (χ4v) is 2.66. The highest BCUT2D eigenvalue weighted by Crippen LogP contribution is 2.18. The molecule has 1 fully saturated rings. The number of carbonyl (C=O) groups is 2. The summed E-state index contributed by atoms with van der Waals surface area (Å²) in [5.74, 6) is 0.155. The quantitative estimate of drug-likeness (QED) is 0.716. The number of carbonyl (C=O) groups excluding carboxylic acids is 2. The van der Waals surface area contributed by atoms with E-state index in [0.717, 1.165) is 11.3 Å². The SMILES string of the molecule is CC(C)CC(=O)Nc1cccc(CNC(=O)C2(N)CCOCC2)c1.Cl. The fourth-order valence-electron chi connectivity index (χ4n) is 2.66. The van der Waals surface area contributed by atoms with E-state index in [1.165, 1.54) is 0 Å². The van der Waals surface area contributed by atoms with Gasteiger partial charge in [0.15, 0.2) is 0 Å². The van der Waals surface area contributed by atoms with Gasteiger partial charge >= 0.3 is 0 Å². The maximum Gasteiger partial charge on any atom is 0.240 e. The lowest BCUT2D eigenvalue weighted by molar-refractivity contribution is -0.129. The number of rotatable bonds is 6. The Bertz CT molecular complexity index is 587. The summed E-state index contributed by atoms with van der Waals surface area (Å²) in [5, 5.41) is 5.77. The predicted molar refractivity (Wildman–Crippen MR) is 101 cm³/mol. The van der Waals surface area contributed by atoms with Gasteiger partial charge in [0.1, 0.15) is 0 Å². The van der Waals surface area contributed by atoms with E-state index in [1.54, 1.807) is 0 Å². The Balaban J connectivity index is 0.00000312. The topological polar surface area (TPSA) is 93.5 Å². The van der Waals surface area contributed by atoms with Crippen molar-refractivity contribution in [3.63, 3.8) is 0 Å². The Morgan fingerprint density at radius 1 is 1.28 bits per heavy atom. The molecule has 7 heteroatoms. The molecule has 6 nitrogen and oxygen atoms in total. The van der Waals surface area contributed by atoms with Crippen molar-refractivity contribution in [2.45, 2.75) is 45.2 Å². The molecule has 1 aliphatic rings. The summed E-state index contributed by atoms with van der Waals surface area (Å²) in [4.78, 5) is 24.2. The third-order valence-electron chi connectivity index (χ3n) is 4.09. The third-order valence-corrected chi connectivity index (χ3v) is 4.09. The molecular formula is C18H28ClN3O3. The lowest BCUT2D eigenvalue weighted by Gasteiger charge is -2.31. The van der Waals surface area contributed by atoms with Crippen molar-refractivity contribution in [1.29, 1.82) is 0 Å². The Labute approximate surface area is 155 Å².